The number of benzene rings is 2. The number of likely N-dealkylation sites (tertiary alicyclic amines) is 1. The maximum absolute atomic E-state index is 13.5. The summed E-state index contributed by atoms with van der Waals surface area (Å²) in [5.41, 5.74) is 3.73. The molecule has 0 aromatic heterocycles. The lowest BCUT2D eigenvalue weighted by Crippen LogP contribution is -2.39. The van der Waals surface area contributed by atoms with Crippen molar-refractivity contribution in [3.8, 4) is 0 Å². The number of halogens is 1. The van der Waals surface area contributed by atoms with Crippen molar-refractivity contribution in [3.05, 3.63) is 75.9 Å². The van der Waals surface area contributed by atoms with Gasteiger partial charge in [0, 0.05) is 18.1 Å². The van der Waals surface area contributed by atoms with E-state index in [-0.39, 0.29) is 18.4 Å². The second-order valence-corrected chi connectivity index (χ2v) is 8.48. The Morgan fingerprint density at radius 2 is 1.76 bits per heavy atom. The number of carbonyl (C=O) groups is 2. The average molecular weight is 409 g/mol. The van der Waals surface area contributed by atoms with Crippen LogP contribution >= 0.6 is 11.6 Å². The lowest BCUT2D eigenvalue weighted by Gasteiger charge is -2.33. The molecule has 4 rings (SSSR count). The lowest BCUT2D eigenvalue weighted by molar-refractivity contribution is -0.138. The molecule has 0 saturated carbocycles. The number of imide groups is 1. The second kappa shape index (κ2) is 8.03. The largest absolute Gasteiger partial charge is 0.366 e. The zero-order valence-corrected chi connectivity index (χ0v) is 17.6. The van der Waals surface area contributed by atoms with E-state index < -0.39 is 0 Å². The van der Waals surface area contributed by atoms with E-state index in [4.69, 9.17) is 11.6 Å². The molecule has 5 heteroatoms. The van der Waals surface area contributed by atoms with E-state index in [1.165, 1.54) is 4.90 Å². The fourth-order valence-electron chi connectivity index (χ4n) is 4.17. The predicted molar refractivity (Wildman–Crippen MR) is 115 cm³/mol. The molecule has 1 saturated heterocycles. The maximum Gasteiger partial charge on any atom is 0.278 e. The molecule has 2 amide bonds. The highest BCUT2D eigenvalue weighted by Gasteiger charge is 2.42. The summed E-state index contributed by atoms with van der Waals surface area (Å²) in [6.45, 7) is 5.98. The number of hydrogen-bond acceptors (Lipinski definition) is 3. The predicted octanol–water partition coefficient (Wildman–Crippen LogP) is 4.66. The van der Waals surface area contributed by atoms with Gasteiger partial charge in [0.1, 0.15) is 5.70 Å². The number of aryl methyl sites for hydroxylation is 1. The molecule has 2 aromatic carbocycles. The number of carbonyl (C=O) groups excluding carboxylic acids is 2. The normalized spacial score (nSPS) is 20.0. The number of amides is 2. The number of hydrogen-bond donors (Lipinski definition) is 0. The highest BCUT2D eigenvalue weighted by atomic mass is 35.5. The number of piperidine rings is 1. The third-order valence-corrected chi connectivity index (χ3v) is 6.11. The molecule has 0 spiro atoms. The Labute approximate surface area is 176 Å². The molecule has 0 N–H and O–H groups in total. The van der Waals surface area contributed by atoms with Gasteiger partial charge >= 0.3 is 0 Å². The van der Waals surface area contributed by atoms with Gasteiger partial charge in [0.25, 0.3) is 11.8 Å². The lowest BCUT2D eigenvalue weighted by atomic mass is 9.97. The van der Waals surface area contributed by atoms with Crippen LogP contribution in [0.3, 0.4) is 0 Å². The topological polar surface area (TPSA) is 40.6 Å². The Bertz CT molecular complexity index is 981. The molecule has 2 aromatic rings. The van der Waals surface area contributed by atoms with Gasteiger partial charge in [-0.05, 0) is 42.9 Å². The van der Waals surface area contributed by atoms with E-state index in [1.54, 1.807) is 6.07 Å². The Morgan fingerprint density at radius 1 is 1.03 bits per heavy atom. The molecule has 1 fully saturated rings. The summed E-state index contributed by atoms with van der Waals surface area (Å²) in [5, 5.41) is 0.560. The van der Waals surface area contributed by atoms with Crippen LogP contribution in [0.5, 0.6) is 0 Å². The molecule has 2 heterocycles. The third kappa shape index (κ3) is 3.82. The quantitative estimate of drug-likeness (QED) is 0.691. The fourth-order valence-corrected chi connectivity index (χ4v) is 4.37. The summed E-state index contributed by atoms with van der Waals surface area (Å²) >= 11 is 6.30. The van der Waals surface area contributed by atoms with Crippen LogP contribution in [0.4, 0.5) is 0 Å². The first-order valence-corrected chi connectivity index (χ1v) is 10.5. The number of nitrogens with zero attached hydrogens (tertiary/aromatic N) is 2. The van der Waals surface area contributed by atoms with Crippen molar-refractivity contribution in [1.29, 1.82) is 0 Å². The average Bonchev–Trinajstić information content (AvgIpc) is 2.95. The molecule has 150 valence electrons. The van der Waals surface area contributed by atoms with Crippen LogP contribution in [0.25, 0.3) is 5.57 Å². The molecule has 4 nitrogen and oxygen atoms in total. The minimum absolute atomic E-state index is 0.180. The Morgan fingerprint density at radius 3 is 2.45 bits per heavy atom. The Balaban J connectivity index is 1.75. The molecule has 0 aliphatic carbocycles. The highest BCUT2D eigenvalue weighted by Crippen LogP contribution is 2.35. The standard InChI is InChI=1S/C24H25ClN2O2/c1-16-9-11-18(12-10-16)21-22(26-13-5-6-17(2)14-26)24(29)27(23(21)28)15-19-7-3-4-8-20(19)25/h3-4,7-12,17H,5-6,13-15H2,1-2H3. The molecule has 1 atom stereocenters. The SMILES string of the molecule is Cc1ccc(C2=C(N3CCCC(C)C3)C(=O)N(Cc3ccccc3Cl)C2=O)cc1. The van der Waals surface area contributed by atoms with Crippen LogP contribution in [0.2, 0.25) is 5.02 Å². The van der Waals surface area contributed by atoms with Crippen molar-refractivity contribution in [3.63, 3.8) is 0 Å². The van der Waals surface area contributed by atoms with Crippen molar-refractivity contribution in [2.45, 2.75) is 33.2 Å². The monoisotopic (exact) mass is 408 g/mol. The van der Waals surface area contributed by atoms with Crippen LogP contribution in [0.1, 0.15) is 36.5 Å². The molecular formula is C24H25ClN2O2. The van der Waals surface area contributed by atoms with E-state index in [9.17, 15) is 9.59 Å². The van der Waals surface area contributed by atoms with Crippen LogP contribution < -0.4 is 0 Å². The van der Waals surface area contributed by atoms with Crippen molar-refractivity contribution in [1.82, 2.24) is 9.80 Å². The van der Waals surface area contributed by atoms with Gasteiger partial charge in [-0.1, -0.05) is 66.6 Å². The van der Waals surface area contributed by atoms with Crippen molar-refractivity contribution >= 4 is 29.0 Å². The number of rotatable bonds is 4. The van der Waals surface area contributed by atoms with E-state index >= 15 is 0 Å². The van der Waals surface area contributed by atoms with Crippen LogP contribution in [0.15, 0.2) is 54.2 Å². The summed E-state index contributed by atoms with van der Waals surface area (Å²) in [6.07, 6.45) is 2.17. The van der Waals surface area contributed by atoms with E-state index in [1.807, 2.05) is 49.4 Å². The van der Waals surface area contributed by atoms with Gasteiger partial charge in [-0.2, -0.15) is 0 Å². The molecule has 0 radical (unpaired) electrons. The summed E-state index contributed by atoms with van der Waals surface area (Å²) in [4.78, 5) is 30.3. The van der Waals surface area contributed by atoms with Crippen LogP contribution in [-0.4, -0.2) is 34.7 Å². The summed E-state index contributed by atoms with van der Waals surface area (Å²) < 4.78 is 0. The van der Waals surface area contributed by atoms with Crippen molar-refractivity contribution in [2.75, 3.05) is 13.1 Å². The van der Waals surface area contributed by atoms with E-state index in [2.05, 4.69) is 11.8 Å². The molecule has 0 bridgehead atoms. The first-order valence-electron chi connectivity index (χ1n) is 10.1. The second-order valence-electron chi connectivity index (χ2n) is 8.07. The van der Waals surface area contributed by atoms with E-state index in [0.29, 0.717) is 22.2 Å². The van der Waals surface area contributed by atoms with Gasteiger partial charge in [-0.25, -0.2) is 0 Å². The summed E-state index contributed by atoms with van der Waals surface area (Å²) in [6, 6.07) is 15.2. The molecule has 2 aliphatic heterocycles. The first-order chi connectivity index (χ1) is 14.0. The maximum atomic E-state index is 13.5. The Hall–Kier alpha value is -2.59. The van der Waals surface area contributed by atoms with Gasteiger partial charge in [0.2, 0.25) is 0 Å². The summed E-state index contributed by atoms with van der Waals surface area (Å²) in [7, 11) is 0. The van der Waals surface area contributed by atoms with Gasteiger partial charge in [-0.3, -0.25) is 14.5 Å². The van der Waals surface area contributed by atoms with Crippen molar-refractivity contribution < 1.29 is 9.59 Å². The molecule has 1 unspecified atom stereocenters. The Kier molecular flexibility index (Phi) is 5.46. The first kappa shape index (κ1) is 19.7. The van der Waals surface area contributed by atoms with Gasteiger partial charge in [-0.15, -0.1) is 0 Å². The smallest absolute Gasteiger partial charge is 0.278 e. The van der Waals surface area contributed by atoms with Crippen molar-refractivity contribution in [2.24, 2.45) is 5.92 Å². The minimum Gasteiger partial charge on any atom is -0.366 e. The van der Waals surface area contributed by atoms with Gasteiger partial charge < -0.3 is 4.90 Å². The third-order valence-electron chi connectivity index (χ3n) is 5.74. The molecule has 29 heavy (non-hydrogen) atoms. The van der Waals surface area contributed by atoms with Crippen LogP contribution in [-0.2, 0) is 16.1 Å². The van der Waals surface area contributed by atoms with Crippen LogP contribution in [0, 0.1) is 12.8 Å². The summed E-state index contributed by atoms with van der Waals surface area (Å²) in [5.74, 6) is 0.0302. The highest BCUT2D eigenvalue weighted by molar-refractivity contribution is 6.35. The molecule has 2 aliphatic rings. The zero-order valence-electron chi connectivity index (χ0n) is 16.8. The molecular weight excluding hydrogens is 384 g/mol. The van der Waals surface area contributed by atoms with E-state index in [0.717, 1.165) is 42.6 Å². The fraction of sp³-hybridized carbons (Fsp3) is 0.333. The van der Waals surface area contributed by atoms with Gasteiger partial charge in [0.05, 0.1) is 12.1 Å². The minimum atomic E-state index is -0.244. The zero-order chi connectivity index (χ0) is 20.5. The van der Waals surface area contributed by atoms with Gasteiger partial charge in [0.15, 0.2) is 0 Å².